The molecule has 1 aliphatic rings. The van der Waals surface area contributed by atoms with Crippen LogP contribution in [0.5, 0.6) is 0 Å². The average molecular weight is 387 g/mol. The molecule has 7 heteroatoms. The van der Waals surface area contributed by atoms with Gasteiger partial charge in [0, 0.05) is 18.8 Å². The lowest BCUT2D eigenvalue weighted by atomic mass is 9.97. The maximum Gasteiger partial charge on any atom is 0.323 e. The number of hydrogen-bond donors (Lipinski definition) is 2. The van der Waals surface area contributed by atoms with E-state index in [2.05, 4.69) is 26.6 Å². The van der Waals surface area contributed by atoms with Gasteiger partial charge >= 0.3 is 6.03 Å². The summed E-state index contributed by atoms with van der Waals surface area (Å²) in [5.74, 6) is 0.269. The standard InChI is InChI=1S/C22H18FN5O/c23-18-7-1-2-8-20(18)27-22(29)26-19-9-3-5-15-14-28(12-11-17(15)19)21-10-4-6-16(13-24)25-21/h1-10H,11-12,14H2,(H2,26,27,29). The van der Waals surface area contributed by atoms with E-state index in [9.17, 15) is 9.18 Å². The van der Waals surface area contributed by atoms with Gasteiger partial charge in [0.25, 0.3) is 0 Å². The number of benzene rings is 2. The van der Waals surface area contributed by atoms with Gasteiger partial charge in [-0.3, -0.25) is 0 Å². The summed E-state index contributed by atoms with van der Waals surface area (Å²) in [6, 6.07) is 18.7. The molecule has 29 heavy (non-hydrogen) atoms. The van der Waals surface area contributed by atoms with Crippen molar-refractivity contribution in [2.45, 2.75) is 13.0 Å². The lowest BCUT2D eigenvalue weighted by molar-refractivity contribution is 0.262. The zero-order chi connectivity index (χ0) is 20.2. The monoisotopic (exact) mass is 387 g/mol. The maximum atomic E-state index is 13.7. The number of anilines is 3. The molecular formula is C22H18FN5O. The van der Waals surface area contributed by atoms with Crippen molar-refractivity contribution < 1.29 is 9.18 Å². The number of amides is 2. The van der Waals surface area contributed by atoms with Gasteiger partial charge in [-0.25, -0.2) is 14.2 Å². The second-order valence-electron chi connectivity index (χ2n) is 6.67. The fourth-order valence-electron chi connectivity index (χ4n) is 3.42. The van der Waals surface area contributed by atoms with E-state index in [4.69, 9.17) is 5.26 Å². The Labute approximate surface area is 167 Å². The van der Waals surface area contributed by atoms with Crippen LogP contribution in [0, 0.1) is 17.1 Å². The Morgan fingerprint density at radius 3 is 2.62 bits per heavy atom. The summed E-state index contributed by atoms with van der Waals surface area (Å²) in [7, 11) is 0. The van der Waals surface area contributed by atoms with Gasteiger partial charge in [0.1, 0.15) is 23.4 Å². The fourth-order valence-corrected chi connectivity index (χ4v) is 3.42. The number of hydrogen-bond acceptors (Lipinski definition) is 4. The quantitative estimate of drug-likeness (QED) is 0.702. The van der Waals surface area contributed by atoms with E-state index in [0.29, 0.717) is 30.9 Å². The molecule has 3 aromatic rings. The van der Waals surface area contributed by atoms with Crippen LogP contribution in [0.25, 0.3) is 0 Å². The summed E-state index contributed by atoms with van der Waals surface area (Å²) in [5, 5.41) is 14.4. The van der Waals surface area contributed by atoms with Gasteiger partial charge < -0.3 is 15.5 Å². The summed E-state index contributed by atoms with van der Waals surface area (Å²) in [5.41, 5.74) is 3.33. The van der Waals surface area contributed by atoms with Crippen molar-refractivity contribution >= 4 is 23.2 Å². The van der Waals surface area contributed by atoms with Crippen LogP contribution in [0.3, 0.4) is 0 Å². The Morgan fingerprint density at radius 2 is 1.79 bits per heavy atom. The van der Waals surface area contributed by atoms with E-state index < -0.39 is 11.8 Å². The molecule has 2 amide bonds. The van der Waals surface area contributed by atoms with Crippen LogP contribution in [0.4, 0.5) is 26.4 Å². The largest absolute Gasteiger partial charge is 0.352 e. The number of para-hydroxylation sites is 1. The van der Waals surface area contributed by atoms with Crippen LogP contribution in [0.1, 0.15) is 16.8 Å². The second kappa shape index (κ2) is 7.98. The Kier molecular flexibility index (Phi) is 5.08. The molecule has 0 fully saturated rings. The number of carbonyl (C=O) groups is 1. The van der Waals surface area contributed by atoms with Crippen LogP contribution in [0.2, 0.25) is 0 Å². The molecule has 0 spiro atoms. The molecule has 0 radical (unpaired) electrons. The maximum absolute atomic E-state index is 13.7. The van der Waals surface area contributed by atoms with Crippen LogP contribution in [-0.2, 0) is 13.0 Å². The number of urea groups is 1. The first-order chi connectivity index (χ1) is 14.1. The van der Waals surface area contributed by atoms with Crippen LogP contribution in [0.15, 0.2) is 60.7 Å². The number of nitrogens with zero attached hydrogens (tertiary/aromatic N) is 3. The number of carbonyl (C=O) groups excluding carboxylic acids is 1. The predicted molar refractivity (Wildman–Crippen MR) is 109 cm³/mol. The third-order valence-corrected chi connectivity index (χ3v) is 4.81. The number of nitrogens with one attached hydrogen (secondary N) is 2. The number of pyridine rings is 1. The first-order valence-electron chi connectivity index (χ1n) is 9.19. The molecule has 0 saturated heterocycles. The van der Waals surface area contributed by atoms with E-state index in [1.807, 2.05) is 30.3 Å². The molecule has 1 aromatic heterocycles. The lowest BCUT2D eigenvalue weighted by Gasteiger charge is -2.31. The number of nitriles is 1. The smallest absolute Gasteiger partial charge is 0.323 e. The van der Waals surface area contributed by atoms with Gasteiger partial charge in [-0.2, -0.15) is 5.26 Å². The first kappa shape index (κ1) is 18.4. The number of fused-ring (bicyclic) bond motifs is 1. The van der Waals surface area contributed by atoms with Crippen molar-refractivity contribution in [2.24, 2.45) is 0 Å². The number of rotatable bonds is 3. The fraction of sp³-hybridized carbons (Fsp3) is 0.136. The van der Waals surface area contributed by atoms with Gasteiger partial charge in [0.2, 0.25) is 0 Å². The highest BCUT2D eigenvalue weighted by Gasteiger charge is 2.21. The molecule has 4 rings (SSSR count). The Bertz CT molecular complexity index is 1110. The molecule has 0 atom stereocenters. The van der Waals surface area contributed by atoms with Gasteiger partial charge in [-0.15, -0.1) is 0 Å². The second-order valence-corrected chi connectivity index (χ2v) is 6.67. The molecule has 2 N–H and O–H groups in total. The molecule has 0 saturated carbocycles. The summed E-state index contributed by atoms with van der Waals surface area (Å²) >= 11 is 0. The van der Waals surface area contributed by atoms with Crippen molar-refractivity contribution in [1.82, 2.24) is 4.98 Å². The van der Waals surface area contributed by atoms with Crippen molar-refractivity contribution in [1.29, 1.82) is 5.26 Å². The molecule has 0 unspecified atom stereocenters. The van der Waals surface area contributed by atoms with E-state index in [0.717, 1.165) is 16.9 Å². The lowest BCUT2D eigenvalue weighted by Crippen LogP contribution is -2.32. The highest BCUT2D eigenvalue weighted by Crippen LogP contribution is 2.28. The average Bonchev–Trinajstić information content (AvgIpc) is 2.75. The van der Waals surface area contributed by atoms with Crippen molar-refractivity contribution in [3.8, 4) is 6.07 Å². The highest BCUT2D eigenvalue weighted by molar-refractivity contribution is 6.00. The molecular weight excluding hydrogens is 369 g/mol. The molecule has 2 aromatic carbocycles. The Balaban J connectivity index is 1.50. The topological polar surface area (TPSA) is 81.0 Å². The SMILES string of the molecule is N#Cc1cccc(N2CCc3c(cccc3NC(=O)Nc3ccccc3F)C2)n1. The first-order valence-corrected chi connectivity index (χ1v) is 9.19. The third kappa shape index (κ3) is 4.01. The molecule has 1 aliphatic heterocycles. The zero-order valence-electron chi connectivity index (χ0n) is 15.5. The van der Waals surface area contributed by atoms with Gasteiger partial charge in [0.15, 0.2) is 0 Å². The van der Waals surface area contributed by atoms with Crippen LogP contribution >= 0.6 is 0 Å². The predicted octanol–water partition coefficient (Wildman–Crippen LogP) is 4.30. The van der Waals surface area contributed by atoms with Gasteiger partial charge in [0.05, 0.1) is 5.69 Å². The highest BCUT2D eigenvalue weighted by atomic mass is 19.1. The Hall–Kier alpha value is -3.92. The Morgan fingerprint density at radius 1 is 1.03 bits per heavy atom. The number of aromatic nitrogens is 1. The summed E-state index contributed by atoms with van der Waals surface area (Å²) < 4.78 is 13.7. The van der Waals surface area contributed by atoms with Gasteiger partial charge in [-0.05, 0) is 47.9 Å². The minimum Gasteiger partial charge on any atom is -0.352 e. The zero-order valence-corrected chi connectivity index (χ0v) is 15.5. The minimum atomic E-state index is -0.491. The normalized spacial score (nSPS) is 12.6. The van der Waals surface area contributed by atoms with E-state index in [1.165, 1.54) is 12.1 Å². The summed E-state index contributed by atoms with van der Waals surface area (Å²) in [6.07, 6.45) is 0.712. The van der Waals surface area contributed by atoms with Gasteiger partial charge in [-0.1, -0.05) is 30.3 Å². The number of halogens is 1. The molecule has 144 valence electrons. The molecule has 0 aliphatic carbocycles. The van der Waals surface area contributed by atoms with E-state index >= 15 is 0 Å². The summed E-state index contributed by atoms with van der Waals surface area (Å²) in [6.45, 7) is 1.34. The van der Waals surface area contributed by atoms with Crippen molar-refractivity contribution in [3.63, 3.8) is 0 Å². The summed E-state index contributed by atoms with van der Waals surface area (Å²) in [4.78, 5) is 18.8. The van der Waals surface area contributed by atoms with E-state index in [-0.39, 0.29) is 5.69 Å². The van der Waals surface area contributed by atoms with Crippen molar-refractivity contribution in [2.75, 3.05) is 22.1 Å². The van der Waals surface area contributed by atoms with Crippen LogP contribution in [-0.4, -0.2) is 17.6 Å². The van der Waals surface area contributed by atoms with Crippen molar-refractivity contribution in [3.05, 3.63) is 83.3 Å². The molecule has 2 heterocycles. The van der Waals surface area contributed by atoms with E-state index in [1.54, 1.807) is 18.2 Å². The molecule has 0 bridgehead atoms. The molecule has 6 nitrogen and oxygen atoms in total. The minimum absolute atomic E-state index is 0.129. The third-order valence-electron chi connectivity index (χ3n) is 4.81. The van der Waals surface area contributed by atoms with Crippen LogP contribution < -0.4 is 15.5 Å².